The zero-order valence-electron chi connectivity index (χ0n) is 10.9. The van der Waals surface area contributed by atoms with Crippen molar-refractivity contribution in [3.05, 3.63) is 29.8 Å². The second kappa shape index (κ2) is 4.64. The van der Waals surface area contributed by atoms with Gasteiger partial charge in [0.1, 0.15) is 0 Å². The molecule has 4 nitrogen and oxygen atoms in total. The van der Waals surface area contributed by atoms with Gasteiger partial charge in [-0.05, 0) is 44.4 Å². The summed E-state index contributed by atoms with van der Waals surface area (Å²) < 4.78 is 26.7. The first-order valence-electron chi connectivity index (χ1n) is 6.20. The average molecular weight is 268 g/mol. The third-order valence-corrected chi connectivity index (χ3v) is 5.70. The summed E-state index contributed by atoms with van der Waals surface area (Å²) in [7, 11) is -3.38. The third-order valence-electron chi connectivity index (χ3n) is 3.57. The van der Waals surface area contributed by atoms with E-state index >= 15 is 0 Å². The number of sulfonamides is 1. The second-order valence-corrected chi connectivity index (χ2v) is 7.20. The van der Waals surface area contributed by atoms with E-state index in [9.17, 15) is 8.42 Å². The van der Waals surface area contributed by atoms with Crippen LogP contribution in [0.25, 0.3) is 0 Å². The molecule has 5 heteroatoms. The minimum atomic E-state index is -3.38. The van der Waals surface area contributed by atoms with Gasteiger partial charge in [-0.1, -0.05) is 12.1 Å². The van der Waals surface area contributed by atoms with Gasteiger partial charge in [0.2, 0.25) is 10.0 Å². The molecule has 100 valence electrons. The van der Waals surface area contributed by atoms with E-state index in [4.69, 9.17) is 5.73 Å². The molecule has 1 saturated heterocycles. The Morgan fingerprint density at radius 2 is 1.89 bits per heavy atom. The van der Waals surface area contributed by atoms with Crippen molar-refractivity contribution in [1.29, 1.82) is 0 Å². The summed E-state index contributed by atoms with van der Waals surface area (Å²) in [4.78, 5) is 0.356. The summed E-state index contributed by atoms with van der Waals surface area (Å²) in [5, 5.41) is 0. The monoisotopic (exact) mass is 268 g/mol. The molecule has 0 atom stereocenters. The fraction of sp³-hybridized carbons (Fsp3) is 0.538. The standard InChI is InChI=1S/C13H20N2O2S/c1-13(2)8-3-9-15(13)18(16,17)12-6-4-11(10-14)5-7-12/h4-7H,3,8-10,14H2,1-2H3. The minimum absolute atomic E-state index is 0.286. The lowest BCUT2D eigenvalue weighted by Crippen LogP contribution is -2.42. The molecule has 1 aliphatic heterocycles. The first kappa shape index (κ1) is 13.5. The molecule has 1 aromatic rings. The van der Waals surface area contributed by atoms with Gasteiger partial charge in [-0.15, -0.1) is 0 Å². The van der Waals surface area contributed by atoms with Crippen LogP contribution >= 0.6 is 0 Å². The minimum Gasteiger partial charge on any atom is -0.326 e. The summed E-state index contributed by atoms with van der Waals surface area (Å²) in [5.74, 6) is 0. The van der Waals surface area contributed by atoms with Crippen LogP contribution in [0.2, 0.25) is 0 Å². The summed E-state index contributed by atoms with van der Waals surface area (Å²) in [6, 6.07) is 6.84. The highest BCUT2D eigenvalue weighted by Gasteiger charge is 2.40. The van der Waals surface area contributed by atoms with Gasteiger partial charge in [0.15, 0.2) is 0 Å². The first-order valence-corrected chi connectivity index (χ1v) is 7.64. The van der Waals surface area contributed by atoms with Crippen LogP contribution in [0.3, 0.4) is 0 Å². The molecular weight excluding hydrogens is 248 g/mol. The SMILES string of the molecule is CC1(C)CCCN1S(=O)(=O)c1ccc(CN)cc1. The smallest absolute Gasteiger partial charge is 0.243 e. The Balaban J connectivity index is 2.36. The molecule has 0 aromatic heterocycles. The Labute approximate surface area is 109 Å². The molecule has 0 spiro atoms. The number of rotatable bonds is 3. The highest BCUT2D eigenvalue weighted by Crippen LogP contribution is 2.33. The molecule has 1 aromatic carbocycles. The summed E-state index contributed by atoms with van der Waals surface area (Å²) in [6.45, 7) is 4.99. The molecular formula is C13H20N2O2S. The molecule has 1 heterocycles. The molecule has 18 heavy (non-hydrogen) atoms. The highest BCUT2D eigenvalue weighted by atomic mass is 32.2. The number of hydrogen-bond acceptors (Lipinski definition) is 3. The van der Waals surface area contributed by atoms with Gasteiger partial charge in [-0.2, -0.15) is 4.31 Å². The summed E-state index contributed by atoms with van der Waals surface area (Å²) in [6.07, 6.45) is 1.83. The van der Waals surface area contributed by atoms with Gasteiger partial charge in [0.25, 0.3) is 0 Å². The van der Waals surface area contributed by atoms with E-state index in [2.05, 4.69) is 0 Å². The van der Waals surface area contributed by atoms with E-state index in [1.54, 1.807) is 28.6 Å². The van der Waals surface area contributed by atoms with Crippen molar-refractivity contribution in [1.82, 2.24) is 4.31 Å². The predicted molar refractivity (Wildman–Crippen MR) is 71.5 cm³/mol. The van der Waals surface area contributed by atoms with Crippen LogP contribution in [0.5, 0.6) is 0 Å². The maximum atomic E-state index is 12.5. The van der Waals surface area contributed by atoms with Gasteiger partial charge in [0, 0.05) is 18.6 Å². The van der Waals surface area contributed by atoms with Gasteiger partial charge in [-0.25, -0.2) is 8.42 Å². The van der Waals surface area contributed by atoms with Crippen LogP contribution in [0.4, 0.5) is 0 Å². The van der Waals surface area contributed by atoms with Crippen LogP contribution < -0.4 is 5.73 Å². The van der Waals surface area contributed by atoms with E-state index in [1.807, 2.05) is 13.8 Å². The molecule has 1 aliphatic rings. The van der Waals surface area contributed by atoms with Crippen molar-refractivity contribution in [2.24, 2.45) is 5.73 Å². The Hall–Kier alpha value is -0.910. The molecule has 0 unspecified atom stereocenters. The Morgan fingerprint density at radius 3 is 2.33 bits per heavy atom. The molecule has 0 amide bonds. The van der Waals surface area contributed by atoms with Crippen LogP contribution in [0, 0.1) is 0 Å². The van der Waals surface area contributed by atoms with Crippen LogP contribution in [0.1, 0.15) is 32.3 Å². The van der Waals surface area contributed by atoms with Crippen LogP contribution in [0.15, 0.2) is 29.2 Å². The largest absolute Gasteiger partial charge is 0.326 e. The zero-order chi connectivity index (χ0) is 13.4. The Bertz CT molecular complexity index is 520. The zero-order valence-corrected chi connectivity index (χ0v) is 11.7. The molecule has 0 aliphatic carbocycles. The maximum Gasteiger partial charge on any atom is 0.243 e. The van der Waals surface area contributed by atoms with E-state index < -0.39 is 10.0 Å². The van der Waals surface area contributed by atoms with Crippen LogP contribution in [-0.2, 0) is 16.6 Å². The second-order valence-electron chi connectivity index (χ2n) is 5.34. The van der Waals surface area contributed by atoms with Gasteiger partial charge in [0.05, 0.1) is 4.90 Å². The van der Waals surface area contributed by atoms with E-state index in [1.165, 1.54) is 0 Å². The normalized spacial score (nSPS) is 20.2. The fourth-order valence-electron chi connectivity index (χ4n) is 2.45. The molecule has 0 bridgehead atoms. The van der Waals surface area contributed by atoms with Crippen molar-refractivity contribution in [2.75, 3.05) is 6.54 Å². The average Bonchev–Trinajstić information content (AvgIpc) is 2.69. The Kier molecular flexibility index (Phi) is 3.49. The quantitative estimate of drug-likeness (QED) is 0.907. The van der Waals surface area contributed by atoms with E-state index in [-0.39, 0.29) is 5.54 Å². The summed E-state index contributed by atoms with van der Waals surface area (Å²) in [5.41, 5.74) is 6.17. The lowest BCUT2D eigenvalue weighted by Gasteiger charge is -2.30. The van der Waals surface area contributed by atoms with E-state index in [0.717, 1.165) is 18.4 Å². The fourth-order valence-corrected chi connectivity index (χ4v) is 4.30. The summed E-state index contributed by atoms with van der Waals surface area (Å²) >= 11 is 0. The molecule has 0 saturated carbocycles. The molecule has 1 fully saturated rings. The van der Waals surface area contributed by atoms with Gasteiger partial charge < -0.3 is 5.73 Å². The van der Waals surface area contributed by atoms with Crippen LogP contribution in [-0.4, -0.2) is 24.8 Å². The Morgan fingerprint density at radius 1 is 1.28 bits per heavy atom. The lowest BCUT2D eigenvalue weighted by atomic mass is 10.0. The van der Waals surface area contributed by atoms with Gasteiger partial charge >= 0.3 is 0 Å². The number of nitrogens with zero attached hydrogens (tertiary/aromatic N) is 1. The molecule has 2 rings (SSSR count). The maximum absolute atomic E-state index is 12.5. The van der Waals surface area contributed by atoms with E-state index in [0.29, 0.717) is 18.0 Å². The van der Waals surface area contributed by atoms with Crippen molar-refractivity contribution < 1.29 is 8.42 Å². The van der Waals surface area contributed by atoms with Crippen molar-refractivity contribution in [3.63, 3.8) is 0 Å². The van der Waals surface area contributed by atoms with Crippen molar-refractivity contribution in [3.8, 4) is 0 Å². The lowest BCUT2D eigenvalue weighted by molar-refractivity contribution is 0.291. The molecule has 0 radical (unpaired) electrons. The number of nitrogens with two attached hydrogens (primary N) is 1. The highest BCUT2D eigenvalue weighted by molar-refractivity contribution is 7.89. The van der Waals surface area contributed by atoms with Crippen molar-refractivity contribution in [2.45, 2.75) is 43.7 Å². The third kappa shape index (κ3) is 2.30. The van der Waals surface area contributed by atoms with Gasteiger partial charge in [-0.3, -0.25) is 0 Å². The topological polar surface area (TPSA) is 63.4 Å². The molecule has 2 N–H and O–H groups in total. The predicted octanol–water partition coefficient (Wildman–Crippen LogP) is 1.71. The number of hydrogen-bond donors (Lipinski definition) is 1. The van der Waals surface area contributed by atoms with Crippen molar-refractivity contribution >= 4 is 10.0 Å². The first-order chi connectivity index (χ1) is 8.38. The number of benzene rings is 1.